The minimum atomic E-state index is 0.501. The van der Waals surface area contributed by atoms with E-state index in [0.717, 1.165) is 18.7 Å². The number of thioether (sulfide) groups is 1. The third-order valence-electron chi connectivity index (χ3n) is 3.46. The smallest absolute Gasteiger partial charge is 0.0416 e. The van der Waals surface area contributed by atoms with Gasteiger partial charge < -0.3 is 5.32 Å². The Balaban J connectivity index is 1.59. The fourth-order valence-corrected chi connectivity index (χ4v) is 3.60. The van der Waals surface area contributed by atoms with Crippen molar-refractivity contribution in [3.8, 4) is 0 Å². The summed E-state index contributed by atoms with van der Waals surface area (Å²) in [7, 11) is 0. The molecular formula is C16H18N2S. The van der Waals surface area contributed by atoms with Crippen LogP contribution in [0, 0.1) is 0 Å². The summed E-state index contributed by atoms with van der Waals surface area (Å²) in [6.07, 6.45) is 4.07. The van der Waals surface area contributed by atoms with Crippen LogP contribution in [0.3, 0.4) is 0 Å². The number of nitrogens with one attached hydrogen (secondary N) is 1. The summed E-state index contributed by atoms with van der Waals surface area (Å²) in [5, 5.41) is 3.67. The van der Waals surface area contributed by atoms with Crippen LogP contribution in [-0.2, 0) is 6.42 Å². The zero-order valence-electron chi connectivity index (χ0n) is 10.9. The van der Waals surface area contributed by atoms with Crippen LogP contribution in [0.2, 0.25) is 0 Å². The SMILES string of the molecule is c1ccc(CCNC2CCSc3ccccc32)nc1. The van der Waals surface area contributed by atoms with Crippen molar-refractivity contribution in [2.75, 3.05) is 12.3 Å². The Morgan fingerprint density at radius 1 is 1.16 bits per heavy atom. The first-order valence-electron chi connectivity index (χ1n) is 6.78. The number of fused-ring (bicyclic) bond motifs is 1. The molecule has 3 heteroatoms. The summed E-state index contributed by atoms with van der Waals surface area (Å²) in [4.78, 5) is 5.80. The Morgan fingerprint density at radius 3 is 2.95 bits per heavy atom. The molecule has 0 amide bonds. The molecule has 1 aliphatic rings. The maximum Gasteiger partial charge on any atom is 0.0416 e. The lowest BCUT2D eigenvalue weighted by atomic mass is 10.0. The molecule has 0 bridgehead atoms. The van der Waals surface area contributed by atoms with E-state index in [0.29, 0.717) is 6.04 Å². The molecule has 19 heavy (non-hydrogen) atoms. The molecule has 0 saturated heterocycles. The van der Waals surface area contributed by atoms with Gasteiger partial charge in [-0.25, -0.2) is 0 Å². The molecule has 2 nitrogen and oxygen atoms in total. The molecule has 0 saturated carbocycles. The van der Waals surface area contributed by atoms with Crippen LogP contribution in [0.15, 0.2) is 53.6 Å². The largest absolute Gasteiger partial charge is 0.309 e. The van der Waals surface area contributed by atoms with Gasteiger partial charge in [-0.1, -0.05) is 24.3 Å². The molecule has 1 N–H and O–H groups in total. The van der Waals surface area contributed by atoms with Gasteiger partial charge in [-0.3, -0.25) is 4.98 Å². The minimum Gasteiger partial charge on any atom is -0.309 e. The standard InChI is InChI=1S/C16H18N2S/c1-2-7-16-14(6-1)15(9-12-19-16)18-11-8-13-5-3-4-10-17-13/h1-7,10,15,18H,8-9,11-12H2. The van der Waals surface area contributed by atoms with Gasteiger partial charge in [0.1, 0.15) is 0 Å². The van der Waals surface area contributed by atoms with Gasteiger partial charge in [0.05, 0.1) is 0 Å². The highest BCUT2D eigenvalue weighted by atomic mass is 32.2. The van der Waals surface area contributed by atoms with Gasteiger partial charge in [0.15, 0.2) is 0 Å². The van der Waals surface area contributed by atoms with Gasteiger partial charge in [-0.15, -0.1) is 11.8 Å². The van der Waals surface area contributed by atoms with E-state index in [9.17, 15) is 0 Å². The average Bonchev–Trinajstić information content (AvgIpc) is 2.49. The molecule has 0 radical (unpaired) electrons. The lowest BCUT2D eigenvalue weighted by Gasteiger charge is -2.26. The second kappa shape index (κ2) is 6.22. The molecule has 2 heterocycles. The third-order valence-corrected chi connectivity index (χ3v) is 4.58. The van der Waals surface area contributed by atoms with Crippen molar-refractivity contribution in [3.63, 3.8) is 0 Å². The van der Waals surface area contributed by atoms with Crippen LogP contribution in [0.4, 0.5) is 0 Å². The molecule has 0 fully saturated rings. The topological polar surface area (TPSA) is 24.9 Å². The van der Waals surface area contributed by atoms with Crippen molar-refractivity contribution in [3.05, 3.63) is 59.9 Å². The van der Waals surface area contributed by atoms with Crippen LogP contribution in [0.5, 0.6) is 0 Å². The molecule has 0 spiro atoms. The van der Waals surface area contributed by atoms with Crippen LogP contribution < -0.4 is 5.32 Å². The molecule has 0 aliphatic carbocycles. The Hall–Kier alpha value is -1.32. The summed E-state index contributed by atoms with van der Waals surface area (Å²) in [5.41, 5.74) is 2.62. The van der Waals surface area contributed by atoms with E-state index in [1.807, 2.05) is 24.0 Å². The fourth-order valence-electron chi connectivity index (χ4n) is 2.47. The first-order chi connectivity index (χ1) is 9.43. The Kier molecular flexibility index (Phi) is 4.16. The summed E-state index contributed by atoms with van der Waals surface area (Å²) in [6, 6.07) is 15.3. The Labute approximate surface area is 118 Å². The zero-order chi connectivity index (χ0) is 12.9. The van der Waals surface area contributed by atoms with Crippen molar-refractivity contribution in [1.29, 1.82) is 0 Å². The summed E-state index contributed by atoms with van der Waals surface area (Å²) in [5.74, 6) is 1.21. The molecule has 1 unspecified atom stereocenters. The highest BCUT2D eigenvalue weighted by Gasteiger charge is 2.19. The molecular weight excluding hydrogens is 252 g/mol. The van der Waals surface area contributed by atoms with Crippen LogP contribution in [-0.4, -0.2) is 17.3 Å². The summed E-state index contributed by atoms with van der Waals surface area (Å²) < 4.78 is 0. The predicted molar refractivity (Wildman–Crippen MR) is 80.5 cm³/mol. The van der Waals surface area contributed by atoms with Gasteiger partial charge in [0.2, 0.25) is 0 Å². The van der Waals surface area contributed by atoms with Crippen LogP contribution in [0.1, 0.15) is 23.7 Å². The molecule has 98 valence electrons. The van der Waals surface area contributed by atoms with Gasteiger partial charge >= 0.3 is 0 Å². The maximum absolute atomic E-state index is 4.36. The lowest BCUT2D eigenvalue weighted by Crippen LogP contribution is -2.26. The van der Waals surface area contributed by atoms with E-state index in [4.69, 9.17) is 0 Å². The lowest BCUT2D eigenvalue weighted by molar-refractivity contribution is 0.512. The first-order valence-corrected chi connectivity index (χ1v) is 7.77. The third kappa shape index (κ3) is 3.17. The molecule has 1 aromatic heterocycles. The number of aromatic nitrogens is 1. The highest BCUT2D eigenvalue weighted by molar-refractivity contribution is 7.99. The number of hydrogen-bond acceptors (Lipinski definition) is 3. The quantitative estimate of drug-likeness (QED) is 0.921. The number of benzene rings is 1. The van der Waals surface area contributed by atoms with E-state index in [-0.39, 0.29) is 0 Å². The molecule has 1 aliphatic heterocycles. The number of rotatable bonds is 4. The highest BCUT2D eigenvalue weighted by Crippen LogP contribution is 2.35. The van der Waals surface area contributed by atoms with Gasteiger partial charge in [-0.2, -0.15) is 0 Å². The molecule has 2 aromatic rings. The second-order valence-electron chi connectivity index (χ2n) is 4.75. The predicted octanol–water partition coefficient (Wildman–Crippen LogP) is 3.45. The molecule has 3 rings (SSSR count). The first kappa shape index (κ1) is 12.7. The monoisotopic (exact) mass is 270 g/mol. The van der Waals surface area contributed by atoms with Gasteiger partial charge in [0, 0.05) is 35.8 Å². The number of hydrogen-bond donors (Lipinski definition) is 1. The van der Waals surface area contributed by atoms with Crippen LogP contribution >= 0.6 is 11.8 Å². The second-order valence-corrected chi connectivity index (χ2v) is 5.89. The minimum absolute atomic E-state index is 0.501. The fraction of sp³-hybridized carbons (Fsp3) is 0.312. The van der Waals surface area contributed by atoms with Crippen molar-refractivity contribution in [2.24, 2.45) is 0 Å². The number of pyridine rings is 1. The van der Waals surface area contributed by atoms with E-state index in [1.165, 1.54) is 22.6 Å². The van der Waals surface area contributed by atoms with Crippen LogP contribution in [0.25, 0.3) is 0 Å². The van der Waals surface area contributed by atoms with Gasteiger partial charge in [0.25, 0.3) is 0 Å². The normalized spacial score (nSPS) is 18.0. The summed E-state index contributed by atoms with van der Waals surface area (Å²) in [6.45, 7) is 0.987. The van der Waals surface area contributed by atoms with Crippen molar-refractivity contribution < 1.29 is 0 Å². The average molecular weight is 270 g/mol. The van der Waals surface area contributed by atoms with E-state index in [2.05, 4.69) is 46.7 Å². The van der Waals surface area contributed by atoms with E-state index < -0.39 is 0 Å². The van der Waals surface area contributed by atoms with Gasteiger partial charge in [-0.05, 0) is 35.9 Å². The summed E-state index contributed by atoms with van der Waals surface area (Å²) >= 11 is 1.97. The zero-order valence-corrected chi connectivity index (χ0v) is 11.7. The number of nitrogens with zero attached hydrogens (tertiary/aromatic N) is 1. The van der Waals surface area contributed by atoms with Crippen molar-refractivity contribution in [2.45, 2.75) is 23.8 Å². The molecule has 1 atom stereocenters. The maximum atomic E-state index is 4.36. The Morgan fingerprint density at radius 2 is 2.05 bits per heavy atom. The van der Waals surface area contributed by atoms with Crippen molar-refractivity contribution in [1.82, 2.24) is 10.3 Å². The van der Waals surface area contributed by atoms with Crippen molar-refractivity contribution >= 4 is 11.8 Å². The van der Waals surface area contributed by atoms with E-state index >= 15 is 0 Å². The molecule has 1 aromatic carbocycles. The Bertz CT molecular complexity index is 527. The van der Waals surface area contributed by atoms with E-state index in [1.54, 1.807) is 0 Å².